The van der Waals surface area contributed by atoms with Crippen molar-refractivity contribution in [3.05, 3.63) is 22.2 Å². The van der Waals surface area contributed by atoms with Crippen molar-refractivity contribution >= 4 is 35.3 Å². The Morgan fingerprint density at radius 1 is 0.652 bits per heavy atom. The lowest BCUT2D eigenvalue weighted by Crippen LogP contribution is -2.30. The molecule has 0 spiro atoms. The first-order valence-corrected chi connectivity index (χ1v) is 27.6. The normalized spacial score (nSPS) is 17.5. The van der Waals surface area contributed by atoms with E-state index in [2.05, 4.69) is 146 Å². The number of hydrogen-bond acceptors (Lipinski definition) is 17. The highest BCUT2D eigenvalue weighted by Gasteiger charge is 2.43. The van der Waals surface area contributed by atoms with Crippen LogP contribution in [0.15, 0.2) is 11.0 Å². The lowest BCUT2D eigenvalue weighted by molar-refractivity contribution is -0.0450. The van der Waals surface area contributed by atoms with Gasteiger partial charge in [-0.2, -0.15) is 13.6 Å². The molecule has 2 unspecified atom stereocenters. The van der Waals surface area contributed by atoms with E-state index in [0.29, 0.717) is 4.57 Å². The van der Waals surface area contributed by atoms with Crippen LogP contribution in [0.5, 0.6) is 0 Å². The van der Waals surface area contributed by atoms with Gasteiger partial charge in [0.2, 0.25) is 0 Å². The predicted molar refractivity (Wildman–Crippen MR) is 262 cm³/mol. The van der Waals surface area contributed by atoms with E-state index in [1.165, 1.54) is 98.2 Å². The van der Waals surface area contributed by atoms with Gasteiger partial charge >= 0.3 is 35.1 Å². The second kappa shape index (κ2) is 40.1. The second-order valence-electron chi connectivity index (χ2n) is 14.0. The van der Waals surface area contributed by atoms with Crippen LogP contribution in [0.25, 0.3) is 0 Å². The van der Waals surface area contributed by atoms with E-state index in [4.69, 9.17) is 30.3 Å². The van der Waals surface area contributed by atoms with Gasteiger partial charge in [0.1, 0.15) is 23.7 Å². The zero-order valence-electron chi connectivity index (χ0n) is 42.7. The minimum Gasteiger partial charge on any atom is -0.478 e. The molecule has 1 fully saturated rings. The van der Waals surface area contributed by atoms with Crippen molar-refractivity contribution in [3.8, 4) is 0 Å². The number of phosphoric ester groups is 1. The number of aliphatic hydroxyl groups is 1. The van der Waals surface area contributed by atoms with Gasteiger partial charge < -0.3 is 64.8 Å². The van der Waals surface area contributed by atoms with Crippen LogP contribution in [0.2, 0.25) is 0 Å². The zero-order chi connectivity index (χ0) is 52.3. The summed E-state index contributed by atoms with van der Waals surface area (Å²) in [4.78, 5) is 73.6. The number of nitrogens with zero attached hydrogens (tertiary/aromatic N) is 7. The highest BCUT2D eigenvalue weighted by Crippen LogP contribution is 2.66. The number of hydrogen-bond donors (Lipinski definition) is 7. The third kappa shape index (κ3) is 34.5. The average Bonchev–Trinajstić information content (AvgIpc) is 3.62. The minimum atomic E-state index is -5.72. The Morgan fingerprint density at radius 2 is 0.970 bits per heavy atom. The molecule has 0 saturated carbocycles. The van der Waals surface area contributed by atoms with Crippen LogP contribution >= 0.6 is 23.5 Å². The predicted octanol–water partition coefficient (Wildman–Crippen LogP) is 5.26. The summed E-state index contributed by atoms with van der Waals surface area (Å²) in [7, 11) is -16.7. The summed E-state index contributed by atoms with van der Waals surface area (Å²) in [6.45, 7) is 49.7. The van der Waals surface area contributed by atoms with Gasteiger partial charge in [-0.05, 0) is 98.2 Å². The number of anilines is 1. The summed E-state index contributed by atoms with van der Waals surface area (Å²) < 4.78 is 50.9. The van der Waals surface area contributed by atoms with Crippen LogP contribution < -0.4 is 11.4 Å². The number of carbonyl (C=O) groups is 1. The van der Waals surface area contributed by atoms with Gasteiger partial charge in [0.05, 0.1) is 12.7 Å². The van der Waals surface area contributed by atoms with Crippen molar-refractivity contribution in [3.63, 3.8) is 0 Å². The van der Waals surface area contributed by atoms with E-state index < -0.39 is 71.6 Å². The van der Waals surface area contributed by atoms with Gasteiger partial charge in [0.15, 0.2) is 0 Å². The molecule has 66 heavy (non-hydrogen) atoms. The van der Waals surface area contributed by atoms with Crippen LogP contribution in [0.1, 0.15) is 127 Å². The Morgan fingerprint density at radius 3 is 1.23 bits per heavy atom. The molecule has 1 aromatic heterocycles. The SMILES string of the molecule is CCN(CC)CC.CCN(CC)CC.CCN(CC)CC.CCN(CC)CC.CCN(CC)CC.Nc1nc(=O)n([C@H]2C[C@H](O)[C@@H](COP(=O)(O)OP(=O)(O)OP(=O)(O)O)O2)cc1C(=O)O. The van der Waals surface area contributed by atoms with E-state index >= 15 is 0 Å². The van der Waals surface area contributed by atoms with Gasteiger partial charge in [-0.15, -0.1) is 0 Å². The molecule has 8 N–H and O–H groups in total. The number of aromatic carboxylic acids is 1. The maximum absolute atomic E-state index is 11.9. The Balaban J connectivity index is -0.000000441. The number of nitrogen functional groups attached to an aromatic ring is 1. The number of nitrogens with two attached hydrogens (primary N) is 1. The highest BCUT2D eigenvalue weighted by molar-refractivity contribution is 7.66. The molecule has 23 nitrogen and oxygen atoms in total. The molecule has 0 radical (unpaired) electrons. The topological polar surface area (TPSA) is 304 Å². The Hall–Kier alpha value is -1.72. The molecule has 1 aliphatic heterocycles. The summed E-state index contributed by atoms with van der Waals surface area (Å²) in [6.07, 6.45) is -3.66. The van der Waals surface area contributed by atoms with Gasteiger partial charge in [-0.1, -0.05) is 104 Å². The fourth-order valence-electron chi connectivity index (χ4n) is 5.71. The molecule has 1 aliphatic rings. The van der Waals surface area contributed by atoms with Crippen molar-refractivity contribution < 1.29 is 66.2 Å². The largest absolute Gasteiger partial charge is 0.490 e. The number of aliphatic hydroxyl groups excluding tert-OH is 1. The molecule has 0 aliphatic carbocycles. The van der Waals surface area contributed by atoms with Crippen molar-refractivity contribution in [2.45, 2.75) is 129 Å². The summed E-state index contributed by atoms with van der Waals surface area (Å²) in [6, 6.07) is 0. The first kappa shape index (κ1) is 70.8. The maximum atomic E-state index is 11.9. The Labute approximate surface area is 396 Å². The van der Waals surface area contributed by atoms with Crippen LogP contribution in [-0.2, 0) is 31.6 Å². The van der Waals surface area contributed by atoms with E-state index in [1.54, 1.807) is 0 Å². The summed E-state index contributed by atoms with van der Waals surface area (Å²) in [5, 5.41) is 19.0. The molecule has 0 bridgehead atoms. The molecule has 396 valence electrons. The zero-order valence-corrected chi connectivity index (χ0v) is 45.4. The first-order chi connectivity index (χ1) is 30.7. The van der Waals surface area contributed by atoms with Crippen molar-refractivity contribution in [1.29, 1.82) is 0 Å². The molecule has 1 saturated heterocycles. The van der Waals surface area contributed by atoms with Gasteiger partial charge in [0.25, 0.3) is 0 Å². The van der Waals surface area contributed by atoms with E-state index in [-0.39, 0.29) is 6.42 Å². The quantitative estimate of drug-likeness (QED) is 0.0650. The first-order valence-electron chi connectivity index (χ1n) is 23.1. The van der Waals surface area contributed by atoms with Crippen LogP contribution in [0, 0.1) is 0 Å². The number of carboxylic acids is 1. The fraction of sp³-hybridized carbons (Fsp3) is 0.875. The van der Waals surface area contributed by atoms with Crippen molar-refractivity contribution in [2.24, 2.45) is 0 Å². The second-order valence-corrected chi connectivity index (χ2v) is 18.4. The maximum Gasteiger partial charge on any atom is 0.490 e. The molecule has 2 heterocycles. The minimum absolute atomic E-state index is 0.324. The molecule has 26 heteroatoms. The third-order valence-corrected chi connectivity index (χ3v) is 14.1. The molecule has 5 atom stereocenters. The molecule has 2 rings (SSSR count). The average molecular weight is 1020 g/mol. The van der Waals surface area contributed by atoms with Crippen LogP contribution in [0.4, 0.5) is 5.82 Å². The molecular formula is C40H91N8O15P3. The third-order valence-electron chi connectivity index (χ3n) is 10.3. The number of ether oxygens (including phenoxy) is 1. The Bertz CT molecular complexity index is 1460. The lowest BCUT2D eigenvalue weighted by atomic mass is 10.2. The smallest absolute Gasteiger partial charge is 0.478 e. The van der Waals surface area contributed by atoms with E-state index in [9.17, 15) is 33.3 Å². The number of carboxylic acid groups (broad SMARTS) is 1. The van der Waals surface area contributed by atoms with Crippen LogP contribution in [-0.4, -0.2) is 187 Å². The molecule has 1 aromatic rings. The lowest BCUT2D eigenvalue weighted by Gasteiger charge is -2.19. The molecule has 0 aromatic carbocycles. The summed E-state index contributed by atoms with van der Waals surface area (Å²) in [5.41, 5.74) is 3.79. The molecular weight excluding hydrogens is 925 g/mol. The van der Waals surface area contributed by atoms with Gasteiger partial charge in [-0.25, -0.2) is 23.3 Å². The monoisotopic (exact) mass is 1020 g/mol. The van der Waals surface area contributed by atoms with Gasteiger partial charge in [-0.3, -0.25) is 9.09 Å². The van der Waals surface area contributed by atoms with Crippen molar-refractivity contribution in [1.82, 2.24) is 34.1 Å². The van der Waals surface area contributed by atoms with Gasteiger partial charge in [0, 0.05) is 12.6 Å². The van der Waals surface area contributed by atoms with E-state index in [0.717, 1.165) is 6.20 Å². The number of phosphoric acid groups is 3. The molecule has 0 amide bonds. The van der Waals surface area contributed by atoms with Crippen LogP contribution in [0.3, 0.4) is 0 Å². The summed E-state index contributed by atoms with van der Waals surface area (Å²) >= 11 is 0. The fourth-order valence-corrected chi connectivity index (χ4v) is 8.74. The van der Waals surface area contributed by atoms with E-state index in [1.807, 2.05) is 0 Å². The standard InChI is InChI=1S/C10H16N3O15P3.5C6H15N/c11-8-4(9(15)16)2-13(10(17)12-8)7-1-5(14)6(26-7)3-25-30(21,22)28-31(23,24)27-29(18,19)20;5*1-4-7(5-2)6-3/h2,5-7,14H,1,3H2,(H,15,16)(H,21,22)(H,23,24)(H2,11,12,17)(H2,18,19,20);5*4-6H2,1-3H3/t5-,6+,7+;;;;;/m0...../s1. The number of rotatable bonds is 24. The highest BCUT2D eigenvalue weighted by atomic mass is 31.3. The Kier molecular flexibility index (Phi) is 43.0. The van der Waals surface area contributed by atoms with Crippen molar-refractivity contribution in [2.75, 3.05) is 111 Å². The summed E-state index contributed by atoms with van der Waals surface area (Å²) in [5.74, 6) is -2.06. The number of aromatic nitrogens is 2.